The summed E-state index contributed by atoms with van der Waals surface area (Å²) in [6.07, 6.45) is 2.23. The van der Waals surface area contributed by atoms with Gasteiger partial charge in [0.25, 0.3) is 0 Å². The minimum atomic E-state index is -0.781. The molecule has 0 unspecified atom stereocenters. The zero-order chi connectivity index (χ0) is 13.1. The molecule has 0 aliphatic heterocycles. The summed E-state index contributed by atoms with van der Waals surface area (Å²) in [6, 6.07) is 12.3. The third-order valence-electron chi connectivity index (χ3n) is 3.34. The van der Waals surface area contributed by atoms with E-state index in [0.29, 0.717) is 0 Å². The number of aliphatic carboxylic acids is 1. The summed E-state index contributed by atoms with van der Waals surface area (Å²) in [5.41, 5.74) is 2.20. The van der Waals surface area contributed by atoms with Gasteiger partial charge in [-0.05, 0) is 35.2 Å². The molecule has 0 aromatic heterocycles. The molecule has 0 spiro atoms. The summed E-state index contributed by atoms with van der Waals surface area (Å²) in [5.74, 6) is -1.23. The molecule has 0 amide bonds. The Morgan fingerprint density at radius 1 is 1.17 bits per heavy atom. The largest absolute Gasteiger partial charge is 0.481 e. The van der Waals surface area contributed by atoms with Crippen LogP contribution in [0, 0.1) is 0 Å². The fraction of sp³-hybridized carbons (Fsp3) is 0.312. The molecule has 2 rings (SSSR count). The van der Waals surface area contributed by atoms with E-state index in [2.05, 4.69) is 25.1 Å². The van der Waals surface area contributed by atoms with Gasteiger partial charge in [0.1, 0.15) is 0 Å². The van der Waals surface area contributed by atoms with Crippen LogP contribution in [-0.4, -0.2) is 11.1 Å². The highest BCUT2D eigenvalue weighted by Crippen LogP contribution is 2.23. The molecule has 2 aromatic rings. The van der Waals surface area contributed by atoms with Gasteiger partial charge in [-0.1, -0.05) is 49.7 Å². The lowest BCUT2D eigenvalue weighted by Gasteiger charge is -2.09. The number of fused-ring (bicyclic) bond motifs is 1. The molecule has 0 fully saturated rings. The highest BCUT2D eigenvalue weighted by atomic mass is 16.4. The van der Waals surface area contributed by atoms with Gasteiger partial charge >= 0.3 is 5.97 Å². The second-order valence-electron chi connectivity index (χ2n) is 4.75. The number of hydrogen-bond donors (Lipinski definition) is 1. The molecule has 1 atom stereocenters. The summed E-state index contributed by atoms with van der Waals surface area (Å²) in [4.78, 5) is 11.0. The van der Waals surface area contributed by atoms with E-state index < -0.39 is 11.9 Å². The van der Waals surface area contributed by atoms with E-state index in [-0.39, 0.29) is 0 Å². The van der Waals surface area contributed by atoms with Gasteiger partial charge in [-0.15, -0.1) is 0 Å². The Balaban J connectivity index is 2.41. The Morgan fingerprint density at radius 2 is 1.83 bits per heavy atom. The number of carboxylic acid groups (broad SMARTS) is 1. The topological polar surface area (TPSA) is 37.3 Å². The van der Waals surface area contributed by atoms with Crippen molar-refractivity contribution in [2.45, 2.75) is 32.6 Å². The molecule has 94 valence electrons. The maximum Gasteiger partial charge on any atom is 0.310 e. The van der Waals surface area contributed by atoms with Crippen LogP contribution in [0.2, 0.25) is 0 Å². The molecule has 1 N–H and O–H groups in total. The van der Waals surface area contributed by atoms with Crippen molar-refractivity contribution in [3.63, 3.8) is 0 Å². The number of rotatable bonds is 4. The van der Waals surface area contributed by atoms with Crippen LogP contribution in [0.4, 0.5) is 0 Å². The van der Waals surface area contributed by atoms with E-state index in [9.17, 15) is 4.79 Å². The summed E-state index contributed by atoms with van der Waals surface area (Å²) in [6.45, 7) is 3.89. The predicted octanol–water partition coefficient (Wildman–Crippen LogP) is 3.98. The van der Waals surface area contributed by atoms with Gasteiger partial charge < -0.3 is 5.11 Å². The average Bonchev–Trinajstić information content (AvgIpc) is 2.37. The number of aryl methyl sites for hydroxylation is 1. The van der Waals surface area contributed by atoms with Crippen molar-refractivity contribution in [2.75, 3.05) is 0 Å². The lowest BCUT2D eigenvalue weighted by molar-refractivity contribution is -0.138. The summed E-state index contributed by atoms with van der Waals surface area (Å²) in [5, 5.41) is 11.3. The Morgan fingerprint density at radius 3 is 2.50 bits per heavy atom. The van der Waals surface area contributed by atoms with Gasteiger partial charge in [0.2, 0.25) is 0 Å². The van der Waals surface area contributed by atoms with Crippen LogP contribution < -0.4 is 0 Å². The molecule has 0 saturated heterocycles. The zero-order valence-electron chi connectivity index (χ0n) is 10.8. The van der Waals surface area contributed by atoms with Crippen molar-refractivity contribution in [1.82, 2.24) is 0 Å². The van der Waals surface area contributed by atoms with E-state index in [4.69, 9.17) is 5.11 Å². The van der Waals surface area contributed by atoms with Crippen LogP contribution in [0.1, 0.15) is 37.3 Å². The summed E-state index contributed by atoms with van der Waals surface area (Å²) in [7, 11) is 0. The van der Waals surface area contributed by atoms with Crippen LogP contribution in [0.15, 0.2) is 36.4 Å². The molecular formula is C16H18O2. The van der Waals surface area contributed by atoms with Crippen molar-refractivity contribution >= 4 is 16.7 Å². The molecule has 2 nitrogen and oxygen atoms in total. The van der Waals surface area contributed by atoms with Crippen molar-refractivity contribution < 1.29 is 9.90 Å². The van der Waals surface area contributed by atoms with Crippen molar-refractivity contribution in [2.24, 2.45) is 0 Å². The van der Waals surface area contributed by atoms with Crippen LogP contribution in [0.5, 0.6) is 0 Å². The maximum absolute atomic E-state index is 11.0. The van der Waals surface area contributed by atoms with E-state index in [1.54, 1.807) is 6.92 Å². The SMILES string of the molecule is CCCc1ccc2cc([C@H](C)C(=O)O)ccc2c1. The van der Waals surface area contributed by atoms with Gasteiger partial charge in [-0.25, -0.2) is 0 Å². The van der Waals surface area contributed by atoms with Gasteiger partial charge in [0.05, 0.1) is 5.92 Å². The van der Waals surface area contributed by atoms with Gasteiger partial charge in [0, 0.05) is 0 Å². The maximum atomic E-state index is 11.0. The van der Waals surface area contributed by atoms with E-state index in [1.165, 1.54) is 10.9 Å². The lowest BCUT2D eigenvalue weighted by atomic mass is 9.96. The fourth-order valence-corrected chi connectivity index (χ4v) is 2.17. The van der Waals surface area contributed by atoms with E-state index in [0.717, 1.165) is 23.8 Å². The smallest absolute Gasteiger partial charge is 0.310 e. The van der Waals surface area contributed by atoms with Gasteiger partial charge in [-0.2, -0.15) is 0 Å². The van der Waals surface area contributed by atoms with Crippen LogP contribution >= 0.6 is 0 Å². The molecule has 0 aliphatic rings. The molecular weight excluding hydrogens is 224 g/mol. The first-order chi connectivity index (χ1) is 8.61. The third-order valence-corrected chi connectivity index (χ3v) is 3.34. The highest BCUT2D eigenvalue weighted by molar-refractivity contribution is 5.85. The normalized spacial score (nSPS) is 12.6. The first-order valence-electron chi connectivity index (χ1n) is 6.37. The third kappa shape index (κ3) is 2.53. The Bertz CT molecular complexity index is 572. The first-order valence-corrected chi connectivity index (χ1v) is 6.37. The van der Waals surface area contributed by atoms with Crippen molar-refractivity contribution in [1.29, 1.82) is 0 Å². The number of benzene rings is 2. The second kappa shape index (κ2) is 5.21. The molecule has 0 bridgehead atoms. The van der Waals surface area contributed by atoms with Crippen molar-refractivity contribution in [3.05, 3.63) is 47.5 Å². The Kier molecular flexibility index (Phi) is 3.66. The number of hydrogen-bond acceptors (Lipinski definition) is 1. The minimum absolute atomic E-state index is 0.454. The highest BCUT2D eigenvalue weighted by Gasteiger charge is 2.13. The molecule has 18 heavy (non-hydrogen) atoms. The Labute approximate surface area is 107 Å². The second-order valence-corrected chi connectivity index (χ2v) is 4.75. The van der Waals surface area contributed by atoms with Crippen LogP contribution in [0.3, 0.4) is 0 Å². The average molecular weight is 242 g/mol. The quantitative estimate of drug-likeness (QED) is 0.880. The van der Waals surface area contributed by atoms with Crippen LogP contribution in [-0.2, 0) is 11.2 Å². The predicted molar refractivity (Wildman–Crippen MR) is 74.0 cm³/mol. The van der Waals surface area contributed by atoms with Crippen molar-refractivity contribution in [3.8, 4) is 0 Å². The molecule has 0 heterocycles. The molecule has 0 radical (unpaired) electrons. The van der Waals surface area contributed by atoms with Gasteiger partial charge in [-0.3, -0.25) is 4.79 Å². The summed E-state index contributed by atoms with van der Waals surface area (Å²) < 4.78 is 0. The molecule has 2 aromatic carbocycles. The van der Waals surface area contributed by atoms with Gasteiger partial charge in [0.15, 0.2) is 0 Å². The first kappa shape index (κ1) is 12.6. The fourth-order valence-electron chi connectivity index (χ4n) is 2.17. The molecule has 0 saturated carbocycles. The lowest BCUT2D eigenvalue weighted by Crippen LogP contribution is -2.07. The van der Waals surface area contributed by atoms with E-state index >= 15 is 0 Å². The monoisotopic (exact) mass is 242 g/mol. The molecule has 0 aliphatic carbocycles. The number of carbonyl (C=O) groups is 1. The standard InChI is InChI=1S/C16H18O2/c1-3-4-12-5-6-15-10-13(11(2)16(17)18)7-8-14(15)9-12/h5-11H,3-4H2,1-2H3,(H,17,18)/t11-/m0/s1. The molecule has 2 heteroatoms. The van der Waals surface area contributed by atoms with E-state index in [1.807, 2.05) is 18.2 Å². The summed E-state index contributed by atoms with van der Waals surface area (Å²) >= 11 is 0. The Hall–Kier alpha value is -1.83. The minimum Gasteiger partial charge on any atom is -0.481 e. The zero-order valence-corrected chi connectivity index (χ0v) is 10.8. The number of carboxylic acids is 1. The van der Waals surface area contributed by atoms with Crippen LogP contribution in [0.25, 0.3) is 10.8 Å².